The van der Waals surface area contributed by atoms with Gasteiger partial charge in [-0.15, -0.1) is 0 Å². The van der Waals surface area contributed by atoms with Gasteiger partial charge in [0.2, 0.25) is 0 Å². The van der Waals surface area contributed by atoms with E-state index in [0.717, 1.165) is 24.1 Å². The number of carbonyl (C=O) groups excluding carboxylic acids is 1. The van der Waals surface area contributed by atoms with Gasteiger partial charge in [-0.3, -0.25) is 4.79 Å². The van der Waals surface area contributed by atoms with Crippen molar-refractivity contribution in [3.05, 3.63) is 71.7 Å². The van der Waals surface area contributed by atoms with Crippen LogP contribution in [0.2, 0.25) is 0 Å². The molecule has 0 aliphatic carbocycles. The van der Waals surface area contributed by atoms with Gasteiger partial charge < -0.3 is 14.5 Å². The number of pyridine rings is 1. The summed E-state index contributed by atoms with van der Waals surface area (Å²) in [7, 11) is 1.59. The minimum atomic E-state index is -0.0133. The maximum atomic E-state index is 13.1. The first kappa shape index (κ1) is 21.7. The number of hydrogen-bond donors (Lipinski definition) is 0. The van der Waals surface area contributed by atoms with Gasteiger partial charge in [-0.25, -0.2) is 15.0 Å². The largest absolute Gasteiger partial charge is 0.495 e. The number of hydrogen-bond acceptors (Lipinski definition) is 7. The van der Waals surface area contributed by atoms with Crippen LogP contribution >= 0.6 is 11.8 Å². The molecule has 162 valence electrons. The Morgan fingerprint density at radius 1 is 1.03 bits per heavy atom. The van der Waals surface area contributed by atoms with Gasteiger partial charge in [-0.2, -0.15) is 0 Å². The molecule has 3 aromatic rings. The van der Waals surface area contributed by atoms with Crippen molar-refractivity contribution in [2.45, 2.75) is 5.16 Å². The number of aromatic nitrogens is 3. The van der Waals surface area contributed by atoms with Crippen molar-refractivity contribution in [3.8, 4) is 17.6 Å². The van der Waals surface area contributed by atoms with Crippen LogP contribution in [0.4, 0.5) is 5.82 Å². The van der Waals surface area contributed by atoms with E-state index in [1.165, 1.54) is 11.8 Å². The smallest absolute Gasteiger partial charge is 0.254 e. The average Bonchev–Trinajstić information content (AvgIpc) is 2.87. The monoisotopic (exact) mass is 445 g/mol. The Labute approximate surface area is 191 Å². The Morgan fingerprint density at radius 2 is 1.88 bits per heavy atom. The lowest BCUT2D eigenvalue weighted by atomic mass is 10.1. The summed E-state index contributed by atoms with van der Waals surface area (Å²) in [5.41, 5.74) is 1.92. The molecule has 8 heteroatoms. The van der Waals surface area contributed by atoms with Crippen molar-refractivity contribution in [2.24, 2.45) is 0 Å². The van der Waals surface area contributed by atoms with Crippen molar-refractivity contribution in [1.29, 1.82) is 0 Å². The van der Waals surface area contributed by atoms with E-state index in [0.29, 0.717) is 35.7 Å². The maximum absolute atomic E-state index is 13.1. The van der Waals surface area contributed by atoms with Gasteiger partial charge in [0.1, 0.15) is 17.3 Å². The Morgan fingerprint density at radius 3 is 2.59 bits per heavy atom. The molecule has 0 unspecified atom stereocenters. The van der Waals surface area contributed by atoms with Gasteiger partial charge in [0.15, 0.2) is 5.16 Å². The number of nitrogens with zero attached hydrogens (tertiary/aromatic N) is 5. The quantitative estimate of drug-likeness (QED) is 0.347. The molecular formula is C24H23N5O2S. The molecule has 2 aromatic heterocycles. The third kappa shape index (κ3) is 5.01. The highest BCUT2D eigenvalue weighted by molar-refractivity contribution is 7.98. The fourth-order valence-electron chi connectivity index (χ4n) is 3.43. The Kier molecular flexibility index (Phi) is 6.87. The molecule has 1 aliphatic heterocycles. The fourth-order valence-corrected chi connectivity index (χ4v) is 3.79. The predicted molar refractivity (Wildman–Crippen MR) is 125 cm³/mol. The van der Waals surface area contributed by atoms with Crippen LogP contribution in [0, 0.1) is 11.8 Å². The molecule has 1 fully saturated rings. The zero-order valence-corrected chi connectivity index (χ0v) is 18.8. The SMILES string of the molecule is COc1ccc(C(=O)N2CCN(c3ccnc(SC)n3)CC2)cc1C#Cc1ccccn1. The van der Waals surface area contributed by atoms with E-state index in [9.17, 15) is 4.79 Å². The molecule has 32 heavy (non-hydrogen) atoms. The van der Waals surface area contributed by atoms with Gasteiger partial charge in [0, 0.05) is 44.1 Å². The number of rotatable bonds is 4. The van der Waals surface area contributed by atoms with E-state index in [4.69, 9.17) is 4.74 Å². The van der Waals surface area contributed by atoms with Crippen molar-refractivity contribution >= 4 is 23.5 Å². The van der Waals surface area contributed by atoms with Crippen LogP contribution in [0.1, 0.15) is 21.6 Å². The van der Waals surface area contributed by atoms with Gasteiger partial charge >= 0.3 is 0 Å². The molecular weight excluding hydrogens is 422 g/mol. The second-order valence-corrected chi connectivity index (χ2v) is 7.83. The fraction of sp³-hybridized carbons (Fsp3) is 0.250. The second kappa shape index (κ2) is 10.2. The van der Waals surface area contributed by atoms with Crippen molar-refractivity contribution in [1.82, 2.24) is 19.9 Å². The molecule has 0 N–H and O–H groups in total. The highest BCUT2D eigenvalue weighted by atomic mass is 32.2. The number of benzene rings is 1. The lowest BCUT2D eigenvalue weighted by molar-refractivity contribution is 0.0746. The molecule has 0 saturated carbocycles. The molecule has 1 aliphatic rings. The average molecular weight is 446 g/mol. The summed E-state index contributed by atoms with van der Waals surface area (Å²) in [6.45, 7) is 2.69. The zero-order valence-electron chi connectivity index (χ0n) is 18.0. The third-order valence-corrected chi connectivity index (χ3v) is 5.69. The number of anilines is 1. The van der Waals surface area contributed by atoms with E-state index in [2.05, 4.69) is 31.7 Å². The Balaban J connectivity index is 1.47. The highest BCUT2D eigenvalue weighted by Crippen LogP contribution is 2.22. The number of thioether (sulfide) groups is 1. The highest BCUT2D eigenvalue weighted by Gasteiger charge is 2.23. The van der Waals surface area contributed by atoms with Crippen LogP contribution in [-0.4, -0.2) is 65.3 Å². The van der Waals surface area contributed by atoms with Crippen molar-refractivity contribution in [2.75, 3.05) is 44.4 Å². The molecule has 4 rings (SSSR count). The van der Waals surface area contributed by atoms with Gasteiger partial charge in [0.25, 0.3) is 5.91 Å². The second-order valence-electron chi connectivity index (χ2n) is 7.06. The third-order valence-electron chi connectivity index (χ3n) is 5.13. The van der Waals surface area contributed by atoms with E-state index < -0.39 is 0 Å². The molecule has 1 saturated heterocycles. The van der Waals surface area contributed by atoms with Crippen molar-refractivity contribution in [3.63, 3.8) is 0 Å². The van der Waals surface area contributed by atoms with Crippen LogP contribution in [0.5, 0.6) is 5.75 Å². The molecule has 1 amide bonds. The summed E-state index contributed by atoms with van der Waals surface area (Å²) in [5, 5.41) is 0.749. The van der Waals surface area contributed by atoms with Crippen LogP contribution in [0.15, 0.2) is 60.0 Å². The first-order chi connectivity index (χ1) is 15.7. The maximum Gasteiger partial charge on any atom is 0.254 e. The zero-order chi connectivity index (χ0) is 22.3. The van der Waals surface area contributed by atoms with E-state index in [-0.39, 0.29) is 5.91 Å². The van der Waals surface area contributed by atoms with Gasteiger partial charge in [0.05, 0.1) is 12.7 Å². The lowest BCUT2D eigenvalue weighted by Crippen LogP contribution is -2.49. The standard InChI is InChI=1S/C24H23N5O2S/c1-31-21-9-7-19(17-18(21)6-8-20-5-3-4-11-25-20)23(30)29-15-13-28(14-16-29)22-10-12-26-24(27-22)32-2/h3-5,7,9-12,17H,13-16H2,1-2H3. The molecule has 3 heterocycles. The lowest BCUT2D eigenvalue weighted by Gasteiger charge is -2.35. The Hall–Kier alpha value is -3.57. The molecule has 0 atom stereocenters. The number of ether oxygens (including phenoxy) is 1. The van der Waals surface area contributed by atoms with E-state index >= 15 is 0 Å². The van der Waals surface area contributed by atoms with Gasteiger partial charge in [-0.1, -0.05) is 23.7 Å². The summed E-state index contributed by atoms with van der Waals surface area (Å²) in [5.74, 6) is 7.62. The topological polar surface area (TPSA) is 71.5 Å². The van der Waals surface area contributed by atoms with E-state index in [1.54, 1.807) is 37.7 Å². The summed E-state index contributed by atoms with van der Waals surface area (Å²) < 4.78 is 5.43. The number of piperazine rings is 1. The van der Waals surface area contributed by atoms with E-state index in [1.807, 2.05) is 35.4 Å². The molecule has 7 nitrogen and oxygen atoms in total. The minimum Gasteiger partial charge on any atom is -0.495 e. The summed E-state index contributed by atoms with van der Waals surface area (Å²) in [4.78, 5) is 30.2. The minimum absolute atomic E-state index is 0.0133. The Bertz CT molecular complexity index is 1150. The summed E-state index contributed by atoms with van der Waals surface area (Å²) in [6, 6.07) is 12.8. The first-order valence-electron chi connectivity index (χ1n) is 10.2. The number of carbonyl (C=O) groups is 1. The number of amides is 1. The van der Waals surface area contributed by atoms with Crippen LogP contribution in [0.3, 0.4) is 0 Å². The van der Waals surface area contributed by atoms with Crippen LogP contribution in [-0.2, 0) is 0 Å². The molecule has 0 bridgehead atoms. The predicted octanol–water partition coefficient (Wildman–Crippen LogP) is 2.96. The molecule has 1 aromatic carbocycles. The molecule has 0 radical (unpaired) electrons. The summed E-state index contributed by atoms with van der Waals surface area (Å²) in [6.07, 6.45) is 5.43. The first-order valence-corrected chi connectivity index (χ1v) is 11.4. The van der Waals surface area contributed by atoms with Gasteiger partial charge in [-0.05, 0) is 48.6 Å². The summed E-state index contributed by atoms with van der Waals surface area (Å²) >= 11 is 1.52. The van der Waals surface area contributed by atoms with Crippen molar-refractivity contribution < 1.29 is 9.53 Å². The number of methoxy groups -OCH3 is 1. The van der Waals surface area contributed by atoms with Crippen LogP contribution in [0.25, 0.3) is 0 Å². The van der Waals surface area contributed by atoms with Crippen LogP contribution < -0.4 is 9.64 Å². The molecule has 0 spiro atoms. The normalized spacial score (nSPS) is 13.3.